The van der Waals surface area contributed by atoms with Crippen LogP contribution in [-0.2, 0) is 0 Å². The van der Waals surface area contributed by atoms with Gasteiger partial charge in [0, 0.05) is 11.3 Å². The summed E-state index contributed by atoms with van der Waals surface area (Å²) in [6, 6.07) is 7.86. The van der Waals surface area contributed by atoms with Crippen LogP contribution in [0.25, 0.3) is 0 Å². The second-order valence-corrected chi connectivity index (χ2v) is 4.34. The Morgan fingerprint density at radius 2 is 2.12 bits per heavy atom. The zero-order chi connectivity index (χ0) is 11.5. The van der Waals surface area contributed by atoms with Gasteiger partial charge in [-0.15, -0.1) is 0 Å². The van der Waals surface area contributed by atoms with E-state index < -0.39 is 6.10 Å². The number of ether oxygens (including phenoxy) is 1. The van der Waals surface area contributed by atoms with E-state index in [4.69, 9.17) is 4.74 Å². The second-order valence-electron chi connectivity index (χ2n) is 4.34. The molecule has 0 aliphatic carbocycles. The second kappa shape index (κ2) is 4.66. The summed E-state index contributed by atoms with van der Waals surface area (Å²) in [6.45, 7) is 4.93. The molecule has 0 fully saturated rings. The lowest BCUT2D eigenvalue weighted by atomic mass is 9.98. The van der Waals surface area contributed by atoms with Gasteiger partial charge in [-0.05, 0) is 18.1 Å². The molecule has 0 saturated heterocycles. The summed E-state index contributed by atoms with van der Waals surface area (Å²) in [5.74, 6) is 1.14. The average Bonchev–Trinajstić information content (AvgIpc) is 2.25. The highest BCUT2D eigenvalue weighted by atomic mass is 16.5. The van der Waals surface area contributed by atoms with E-state index in [1.165, 1.54) is 0 Å². The number of nitrogens with zero attached hydrogens (tertiary/aromatic N) is 1. The van der Waals surface area contributed by atoms with Crippen LogP contribution in [0, 0.1) is 5.92 Å². The van der Waals surface area contributed by atoms with Crippen LogP contribution >= 0.6 is 0 Å². The molecule has 1 heterocycles. The molecule has 1 atom stereocenters. The number of aliphatic hydroxyl groups excluding tert-OH is 1. The van der Waals surface area contributed by atoms with Gasteiger partial charge in [0.15, 0.2) is 0 Å². The smallest absolute Gasteiger partial charge is 0.128 e. The fraction of sp³-hybridized carbons (Fsp3) is 0.462. The average molecular weight is 219 g/mol. The van der Waals surface area contributed by atoms with Crippen molar-refractivity contribution < 1.29 is 9.84 Å². The number of aliphatic imine (C=N–C) groups is 1. The monoisotopic (exact) mass is 219 g/mol. The third-order valence-electron chi connectivity index (χ3n) is 2.61. The minimum absolute atomic E-state index is 0.311. The number of para-hydroxylation sites is 1. The SMILES string of the molecule is CC(C)C1=NCC(O)COc2ccccc21. The van der Waals surface area contributed by atoms with Crippen LogP contribution < -0.4 is 4.74 Å². The molecule has 2 rings (SSSR count). The predicted molar refractivity (Wildman–Crippen MR) is 64.2 cm³/mol. The summed E-state index contributed by atoms with van der Waals surface area (Å²) < 4.78 is 5.59. The fourth-order valence-corrected chi connectivity index (χ4v) is 1.83. The van der Waals surface area contributed by atoms with Crippen LogP contribution in [0.3, 0.4) is 0 Å². The number of rotatable bonds is 1. The zero-order valence-corrected chi connectivity index (χ0v) is 9.68. The Labute approximate surface area is 95.8 Å². The Bertz CT molecular complexity index is 399. The van der Waals surface area contributed by atoms with E-state index >= 15 is 0 Å². The van der Waals surface area contributed by atoms with E-state index in [-0.39, 0.29) is 0 Å². The fourth-order valence-electron chi connectivity index (χ4n) is 1.83. The third kappa shape index (κ3) is 2.25. The van der Waals surface area contributed by atoms with Gasteiger partial charge in [-0.25, -0.2) is 0 Å². The van der Waals surface area contributed by atoms with E-state index in [1.807, 2.05) is 24.3 Å². The molecule has 1 aliphatic rings. The first-order chi connectivity index (χ1) is 7.68. The molecule has 0 amide bonds. The van der Waals surface area contributed by atoms with Crippen molar-refractivity contribution in [2.24, 2.45) is 10.9 Å². The van der Waals surface area contributed by atoms with Crippen LogP contribution in [-0.4, -0.2) is 30.1 Å². The summed E-state index contributed by atoms with van der Waals surface area (Å²) in [5, 5.41) is 9.61. The van der Waals surface area contributed by atoms with Gasteiger partial charge < -0.3 is 9.84 Å². The van der Waals surface area contributed by atoms with Crippen molar-refractivity contribution in [3.63, 3.8) is 0 Å². The topological polar surface area (TPSA) is 41.8 Å². The Morgan fingerprint density at radius 3 is 2.88 bits per heavy atom. The number of hydrogen-bond donors (Lipinski definition) is 1. The van der Waals surface area contributed by atoms with Gasteiger partial charge in [0.25, 0.3) is 0 Å². The molecule has 0 radical (unpaired) electrons. The van der Waals surface area contributed by atoms with Gasteiger partial charge in [0.05, 0.1) is 6.54 Å². The molecular formula is C13H17NO2. The maximum absolute atomic E-state index is 9.61. The van der Waals surface area contributed by atoms with Crippen molar-refractivity contribution >= 4 is 5.71 Å². The Balaban J connectivity index is 2.45. The molecule has 1 aromatic carbocycles. The Hall–Kier alpha value is -1.35. The number of fused-ring (bicyclic) bond motifs is 1. The molecular weight excluding hydrogens is 202 g/mol. The van der Waals surface area contributed by atoms with Gasteiger partial charge in [0.2, 0.25) is 0 Å². The van der Waals surface area contributed by atoms with Crippen LogP contribution in [0.2, 0.25) is 0 Å². The van der Waals surface area contributed by atoms with Crippen molar-refractivity contribution in [3.8, 4) is 5.75 Å². The lowest BCUT2D eigenvalue weighted by molar-refractivity contribution is 0.113. The van der Waals surface area contributed by atoms with Crippen LogP contribution in [0.15, 0.2) is 29.3 Å². The molecule has 0 saturated carbocycles. The van der Waals surface area contributed by atoms with Crippen molar-refractivity contribution in [1.82, 2.24) is 0 Å². The molecule has 3 nitrogen and oxygen atoms in total. The molecule has 0 aromatic heterocycles. The maximum Gasteiger partial charge on any atom is 0.128 e. The highest BCUT2D eigenvalue weighted by molar-refractivity contribution is 6.04. The van der Waals surface area contributed by atoms with Gasteiger partial charge in [-0.1, -0.05) is 26.0 Å². The van der Waals surface area contributed by atoms with E-state index in [1.54, 1.807) is 0 Å². The van der Waals surface area contributed by atoms with E-state index in [9.17, 15) is 5.11 Å². The van der Waals surface area contributed by atoms with Gasteiger partial charge in [-0.2, -0.15) is 0 Å². The largest absolute Gasteiger partial charge is 0.490 e. The summed E-state index contributed by atoms with van der Waals surface area (Å²) in [5.41, 5.74) is 2.05. The summed E-state index contributed by atoms with van der Waals surface area (Å²) in [7, 11) is 0. The van der Waals surface area contributed by atoms with Crippen LogP contribution in [0.5, 0.6) is 5.75 Å². The first kappa shape index (κ1) is 11.1. The molecule has 1 N–H and O–H groups in total. The van der Waals surface area contributed by atoms with E-state index in [0.717, 1.165) is 17.0 Å². The van der Waals surface area contributed by atoms with Crippen LogP contribution in [0.1, 0.15) is 19.4 Å². The predicted octanol–water partition coefficient (Wildman–Crippen LogP) is 1.89. The van der Waals surface area contributed by atoms with Crippen molar-refractivity contribution in [2.45, 2.75) is 20.0 Å². The van der Waals surface area contributed by atoms with Gasteiger partial charge in [0.1, 0.15) is 18.5 Å². The number of aliphatic hydroxyl groups is 1. The molecule has 1 aliphatic heterocycles. The highest BCUT2D eigenvalue weighted by Gasteiger charge is 2.17. The zero-order valence-electron chi connectivity index (χ0n) is 9.68. The molecule has 1 aromatic rings. The third-order valence-corrected chi connectivity index (χ3v) is 2.61. The van der Waals surface area contributed by atoms with Crippen molar-refractivity contribution in [3.05, 3.63) is 29.8 Å². The Morgan fingerprint density at radius 1 is 1.38 bits per heavy atom. The standard InChI is InChI=1S/C13H17NO2/c1-9(2)13-11-5-3-4-6-12(11)16-8-10(15)7-14-13/h3-6,9-10,15H,7-8H2,1-2H3. The molecule has 0 bridgehead atoms. The number of hydrogen-bond acceptors (Lipinski definition) is 3. The first-order valence-electron chi connectivity index (χ1n) is 5.63. The minimum atomic E-state index is -0.512. The first-order valence-corrected chi connectivity index (χ1v) is 5.63. The maximum atomic E-state index is 9.61. The minimum Gasteiger partial charge on any atom is -0.490 e. The highest BCUT2D eigenvalue weighted by Crippen LogP contribution is 2.23. The van der Waals surface area contributed by atoms with Crippen LogP contribution in [0.4, 0.5) is 0 Å². The molecule has 0 spiro atoms. The molecule has 86 valence electrons. The van der Waals surface area contributed by atoms with Gasteiger partial charge >= 0.3 is 0 Å². The molecule has 16 heavy (non-hydrogen) atoms. The summed E-state index contributed by atoms with van der Waals surface area (Å²) in [6.07, 6.45) is -0.512. The quantitative estimate of drug-likeness (QED) is 0.783. The molecule has 3 heteroatoms. The van der Waals surface area contributed by atoms with E-state index in [2.05, 4.69) is 18.8 Å². The van der Waals surface area contributed by atoms with E-state index in [0.29, 0.717) is 19.1 Å². The normalized spacial score (nSPS) is 20.5. The van der Waals surface area contributed by atoms with Gasteiger partial charge in [-0.3, -0.25) is 4.99 Å². The lowest BCUT2D eigenvalue weighted by Crippen LogP contribution is -2.26. The van der Waals surface area contributed by atoms with Crippen molar-refractivity contribution in [2.75, 3.05) is 13.2 Å². The number of benzene rings is 1. The molecule has 1 unspecified atom stereocenters. The lowest BCUT2D eigenvalue weighted by Gasteiger charge is -2.20. The van der Waals surface area contributed by atoms with Crippen molar-refractivity contribution in [1.29, 1.82) is 0 Å². The summed E-state index contributed by atoms with van der Waals surface area (Å²) in [4.78, 5) is 4.49. The Kier molecular flexibility index (Phi) is 3.25. The summed E-state index contributed by atoms with van der Waals surface area (Å²) >= 11 is 0.